The van der Waals surface area contributed by atoms with Crippen molar-refractivity contribution in [2.75, 3.05) is 23.3 Å². The van der Waals surface area contributed by atoms with E-state index in [4.69, 9.17) is 4.42 Å². The van der Waals surface area contributed by atoms with Gasteiger partial charge in [0.25, 0.3) is 0 Å². The average molecular weight is 505 g/mol. The van der Waals surface area contributed by atoms with Crippen molar-refractivity contribution in [1.82, 2.24) is 9.47 Å². The number of anilines is 2. The van der Waals surface area contributed by atoms with Crippen LogP contribution in [0.15, 0.2) is 83.6 Å². The molecule has 7 nitrogen and oxygen atoms in total. The second-order valence-electron chi connectivity index (χ2n) is 8.80. The summed E-state index contributed by atoms with van der Waals surface area (Å²) >= 11 is 0. The zero-order chi connectivity index (χ0) is 25.9. The molecular formula is C28H26F2N4O3. The van der Waals surface area contributed by atoms with Gasteiger partial charge in [0.15, 0.2) is 0 Å². The molecule has 1 aliphatic rings. The van der Waals surface area contributed by atoms with Crippen molar-refractivity contribution >= 4 is 23.3 Å². The Morgan fingerprint density at radius 2 is 1.84 bits per heavy atom. The van der Waals surface area contributed by atoms with Gasteiger partial charge in [-0.2, -0.15) is 0 Å². The first kappa shape index (κ1) is 24.3. The third kappa shape index (κ3) is 4.72. The van der Waals surface area contributed by atoms with Crippen LogP contribution in [0, 0.1) is 11.6 Å². The van der Waals surface area contributed by atoms with Crippen molar-refractivity contribution in [1.29, 1.82) is 0 Å². The standard InChI is InChI=1S/C28H26F2N4O3/c1-2-3-14-32(28(36)31-21-13-12-19(29)17-20(21)30)18-26(35)34-23-9-5-4-8-22(23)33-15-6-10-24(33)27(34)25-11-7-16-37-25/h4-13,15-17,27H,2-3,14,18H2,1H3,(H,31,36). The maximum atomic E-state index is 14.2. The number of fused-ring (bicyclic) bond motifs is 3. The lowest BCUT2D eigenvalue weighted by molar-refractivity contribution is -0.119. The molecule has 0 radical (unpaired) electrons. The fourth-order valence-electron chi connectivity index (χ4n) is 4.60. The van der Waals surface area contributed by atoms with Crippen LogP contribution in [0.25, 0.3) is 5.69 Å². The van der Waals surface area contributed by atoms with Gasteiger partial charge >= 0.3 is 6.03 Å². The molecule has 0 bridgehead atoms. The Morgan fingerprint density at radius 3 is 2.57 bits per heavy atom. The first-order chi connectivity index (χ1) is 18.0. The van der Waals surface area contributed by atoms with E-state index in [1.807, 2.05) is 60.2 Å². The van der Waals surface area contributed by atoms with Crippen molar-refractivity contribution in [3.63, 3.8) is 0 Å². The molecule has 37 heavy (non-hydrogen) atoms. The number of rotatable bonds is 7. The van der Waals surface area contributed by atoms with Crippen molar-refractivity contribution in [3.05, 3.63) is 102 Å². The number of halogens is 2. The number of hydrogen-bond acceptors (Lipinski definition) is 3. The van der Waals surface area contributed by atoms with Crippen LogP contribution < -0.4 is 10.2 Å². The average Bonchev–Trinajstić information content (AvgIpc) is 3.60. The molecule has 0 spiro atoms. The molecule has 2 aromatic carbocycles. The third-order valence-corrected chi connectivity index (χ3v) is 6.37. The molecule has 2 aromatic heterocycles. The van der Waals surface area contributed by atoms with E-state index >= 15 is 0 Å². The molecule has 0 fully saturated rings. The number of urea groups is 1. The zero-order valence-corrected chi connectivity index (χ0v) is 20.2. The molecule has 0 saturated carbocycles. The summed E-state index contributed by atoms with van der Waals surface area (Å²) in [6.45, 7) is 2.01. The van der Waals surface area contributed by atoms with Crippen LogP contribution in [0.1, 0.15) is 37.3 Å². The van der Waals surface area contributed by atoms with Crippen LogP contribution in [-0.4, -0.2) is 34.5 Å². The van der Waals surface area contributed by atoms with Crippen LogP contribution in [0.4, 0.5) is 25.0 Å². The fourth-order valence-corrected chi connectivity index (χ4v) is 4.60. The minimum atomic E-state index is -0.890. The Balaban J connectivity index is 1.47. The van der Waals surface area contributed by atoms with Crippen molar-refractivity contribution in [2.45, 2.75) is 25.8 Å². The van der Waals surface area contributed by atoms with Crippen LogP contribution in [0.5, 0.6) is 0 Å². The van der Waals surface area contributed by atoms with Gasteiger partial charge in [-0.1, -0.05) is 25.5 Å². The Labute approximate surface area is 212 Å². The van der Waals surface area contributed by atoms with Gasteiger partial charge in [-0.3, -0.25) is 9.69 Å². The smallest absolute Gasteiger partial charge is 0.322 e. The summed E-state index contributed by atoms with van der Waals surface area (Å²) in [7, 11) is 0. The van der Waals surface area contributed by atoms with Crippen LogP contribution in [0.2, 0.25) is 0 Å². The normalized spacial score (nSPS) is 14.1. The van der Waals surface area contributed by atoms with Gasteiger partial charge in [-0.05, 0) is 55.0 Å². The molecule has 1 atom stereocenters. The van der Waals surface area contributed by atoms with Gasteiger partial charge in [0.2, 0.25) is 5.91 Å². The van der Waals surface area contributed by atoms with Gasteiger partial charge in [-0.15, -0.1) is 0 Å². The van der Waals surface area contributed by atoms with Crippen LogP contribution in [-0.2, 0) is 4.79 Å². The number of nitrogens with one attached hydrogen (secondary N) is 1. The van der Waals surface area contributed by atoms with Crippen LogP contribution >= 0.6 is 0 Å². The summed E-state index contributed by atoms with van der Waals surface area (Å²) in [5.74, 6) is -1.38. The lowest BCUT2D eigenvalue weighted by Gasteiger charge is -2.38. The Hall–Kier alpha value is -4.40. The number of hydrogen-bond donors (Lipinski definition) is 1. The number of para-hydroxylation sites is 2. The van der Waals surface area contributed by atoms with E-state index in [0.717, 1.165) is 29.9 Å². The number of nitrogens with zero attached hydrogens (tertiary/aromatic N) is 3. The second kappa shape index (κ2) is 10.3. The number of unbranched alkanes of at least 4 members (excludes halogenated alkanes) is 1. The number of aromatic nitrogens is 1. The number of benzene rings is 2. The van der Waals surface area contributed by atoms with E-state index in [1.165, 1.54) is 4.90 Å². The number of amides is 3. The van der Waals surface area contributed by atoms with E-state index in [2.05, 4.69) is 5.32 Å². The first-order valence-electron chi connectivity index (χ1n) is 12.1. The van der Waals surface area contributed by atoms with Gasteiger partial charge in [0.05, 0.1) is 29.0 Å². The second-order valence-corrected chi connectivity index (χ2v) is 8.80. The lowest BCUT2D eigenvalue weighted by Crippen LogP contribution is -2.48. The highest BCUT2D eigenvalue weighted by atomic mass is 19.1. The summed E-state index contributed by atoms with van der Waals surface area (Å²) < 4.78 is 35.3. The Morgan fingerprint density at radius 1 is 1.03 bits per heavy atom. The highest BCUT2D eigenvalue weighted by Gasteiger charge is 2.38. The highest BCUT2D eigenvalue weighted by Crippen LogP contribution is 2.42. The summed E-state index contributed by atoms with van der Waals surface area (Å²) in [5, 5.41) is 2.48. The van der Waals surface area contributed by atoms with Crippen molar-refractivity contribution < 1.29 is 22.8 Å². The van der Waals surface area contributed by atoms with E-state index in [9.17, 15) is 18.4 Å². The van der Waals surface area contributed by atoms with E-state index in [0.29, 0.717) is 23.9 Å². The number of furan rings is 1. The molecule has 3 amide bonds. The van der Waals surface area contributed by atoms with Gasteiger partial charge in [0, 0.05) is 18.8 Å². The first-order valence-corrected chi connectivity index (χ1v) is 12.1. The summed E-state index contributed by atoms with van der Waals surface area (Å²) in [4.78, 5) is 30.1. The molecule has 0 saturated heterocycles. The largest absolute Gasteiger partial charge is 0.467 e. The predicted molar refractivity (Wildman–Crippen MR) is 136 cm³/mol. The van der Waals surface area contributed by atoms with Crippen LogP contribution in [0.3, 0.4) is 0 Å². The van der Waals surface area contributed by atoms with E-state index < -0.39 is 23.7 Å². The monoisotopic (exact) mass is 504 g/mol. The van der Waals surface area contributed by atoms with E-state index in [1.54, 1.807) is 17.2 Å². The molecule has 9 heteroatoms. The van der Waals surface area contributed by atoms with Crippen molar-refractivity contribution in [3.8, 4) is 5.69 Å². The molecule has 4 aromatic rings. The molecule has 5 rings (SSSR count). The Bertz CT molecular complexity index is 1420. The minimum absolute atomic E-state index is 0.157. The highest BCUT2D eigenvalue weighted by molar-refractivity contribution is 6.01. The predicted octanol–water partition coefficient (Wildman–Crippen LogP) is 6.12. The maximum Gasteiger partial charge on any atom is 0.322 e. The third-order valence-electron chi connectivity index (χ3n) is 6.37. The van der Waals surface area contributed by atoms with E-state index in [-0.39, 0.29) is 24.7 Å². The topological polar surface area (TPSA) is 70.7 Å². The molecule has 1 unspecified atom stereocenters. The molecule has 1 aliphatic heterocycles. The summed E-state index contributed by atoms with van der Waals surface area (Å²) in [6, 6.07) is 16.7. The molecule has 0 aliphatic carbocycles. The lowest BCUT2D eigenvalue weighted by atomic mass is 10.0. The SMILES string of the molecule is CCCCN(CC(=O)N1c2ccccc2-n2cccc2C1c1ccco1)C(=O)Nc1ccc(F)cc1F. The summed E-state index contributed by atoms with van der Waals surface area (Å²) in [5.41, 5.74) is 2.20. The fraction of sp³-hybridized carbons (Fsp3) is 0.214. The Kier molecular flexibility index (Phi) is 6.76. The quantitative estimate of drug-likeness (QED) is 0.330. The maximum absolute atomic E-state index is 14.2. The summed E-state index contributed by atoms with van der Waals surface area (Å²) in [6.07, 6.45) is 4.93. The minimum Gasteiger partial charge on any atom is -0.467 e. The molecule has 3 heterocycles. The van der Waals surface area contributed by atoms with Gasteiger partial charge in [0.1, 0.15) is 30.0 Å². The van der Waals surface area contributed by atoms with Gasteiger partial charge < -0.3 is 19.2 Å². The van der Waals surface area contributed by atoms with Gasteiger partial charge in [-0.25, -0.2) is 13.6 Å². The zero-order valence-electron chi connectivity index (χ0n) is 20.2. The molecular weight excluding hydrogens is 478 g/mol. The number of carbonyl (C=O) groups is 2. The molecule has 1 N–H and O–H groups in total. The molecule has 190 valence electrons. The van der Waals surface area contributed by atoms with Crippen molar-refractivity contribution in [2.24, 2.45) is 0 Å². The number of carbonyl (C=O) groups excluding carboxylic acids is 2.